The van der Waals surface area contributed by atoms with Gasteiger partial charge in [0.15, 0.2) is 6.29 Å². The Morgan fingerprint density at radius 2 is 2.38 bits per heavy atom. The number of hydrogen-bond acceptors (Lipinski definition) is 3. The van der Waals surface area contributed by atoms with Crippen molar-refractivity contribution in [2.75, 3.05) is 18.5 Å². The van der Waals surface area contributed by atoms with Crippen molar-refractivity contribution in [3.63, 3.8) is 0 Å². The highest BCUT2D eigenvalue weighted by atomic mass is 32.1. The molecule has 0 radical (unpaired) electrons. The summed E-state index contributed by atoms with van der Waals surface area (Å²) >= 11 is 1.25. The molecule has 13 heavy (non-hydrogen) atoms. The number of aldehydes is 1. The van der Waals surface area contributed by atoms with Crippen molar-refractivity contribution in [3.05, 3.63) is 16.3 Å². The van der Waals surface area contributed by atoms with Crippen LogP contribution in [0.3, 0.4) is 0 Å². The van der Waals surface area contributed by atoms with Crippen molar-refractivity contribution in [3.8, 4) is 0 Å². The molecule has 0 aromatic carbocycles. The first-order valence-electron chi connectivity index (χ1n) is 3.66. The van der Waals surface area contributed by atoms with E-state index in [0.717, 1.165) is 0 Å². The van der Waals surface area contributed by atoms with Crippen LogP contribution < -0.4 is 4.90 Å². The molecular formula is C8H9F2NOS. The minimum absolute atomic E-state index is 0.310. The van der Waals surface area contributed by atoms with Gasteiger partial charge in [-0.3, -0.25) is 4.79 Å². The number of hydrogen-bond donors (Lipinski definition) is 0. The van der Waals surface area contributed by atoms with E-state index < -0.39 is 6.43 Å². The zero-order chi connectivity index (χ0) is 9.84. The minimum Gasteiger partial charge on any atom is -0.368 e. The molecule has 1 aromatic heterocycles. The fraction of sp³-hybridized carbons (Fsp3) is 0.375. The average Bonchev–Trinajstić information content (AvgIpc) is 2.50. The first-order chi connectivity index (χ1) is 6.13. The van der Waals surface area contributed by atoms with E-state index in [4.69, 9.17) is 0 Å². The van der Waals surface area contributed by atoms with Crippen LogP contribution in [-0.4, -0.2) is 26.3 Å². The quantitative estimate of drug-likeness (QED) is 0.703. The van der Waals surface area contributed by atoms with E-state index in [1.54, 1.807) is 18.5 Å². The second kappa shape index (κ2) is 4.32. The maximum absolute atomic E-state index is 12.0. The predicted octanol–water partition coefficient (Wildman–Crippen LogP) is 2.26. The Morgan fingerprint density at radius 3 is 2.85 bits per heavy atom. The van der Waals surface area contributed by atoms with Gasteiger partial charge in [-0.15, -0.1) is 11.3 Å². The lowest BCUT2D eigenvalue weighted by Crippen LogP contribution is -2.23. The molecule has 0 aliphatic heterocycles. The molecule has 0 aliphatic rings. The van der Waals surface area contributed by atoms with E-state index >= 15 is 0 Å². The van der Waals surface area contributed by atoms with Crippen molar-refractivity contribution in [2.24, 2.45) is 0 Å². The Morgan fingerprint density at radius 1 is 1.69 bits per heavy atom. The number of halogens is 2. The molecule has 0 saturated carbocycles. The van der Waals surface area contributed by atoms with Gasteiger partial charge in [0.1, 0.15) is 0 Å². The summed E-state index contributed by atoms with van der Waals surface area (Å²) in [5.74, 6) is 0. The van der Waals surface area contributed by atoms with Crippen molar-refractivity contribution in [1.82, 2.24) is 0 Å². The van der Waals surface area contributed by atoms with Gasteiger partial charge in [0, 0.05) is 18.1 Å². The SMILES string of the molecule is CN(CC(F)F)c1csc(C=O)c1. The zero-order valence-electron chi connectivity index (χ0n) is 7.04. The first-order valence-corrected chi connectivity index (χ1v) is 4.54. The molecule has 72 valence electrons. The summed E-state index contributed by atoms with van der Waals surface area (Å²) in [6, 6.07) is 1.60. The van der Waals surface area contributed by atoms with E-state index in [1.807, 2.05) is 0 Å². The average molecular weight is 205 g/mol. The number of thiophene rings is 1. The monoisotopic (exact) mass is 205 g/mol. The molecule has 1 heterocycles. The molecule has 0 fully saturated rings. The Bertz CT molecular complexity index is 287. The summed E-state index contributed by atoms with van der Waals surface area (Å²) in [6.45, 7) is -0.310. The highest BCUT2D eigenvalue weighted by molar-refractivity contribution is 7.12. The number of nitrogens with zero attached hydrogens (tertiary/aromatic N) is 1. The van der Waals surface area contributed by atoms with E-state index in [0.29, 0.717) is 16.9 Å². The van der Waals surface area contributed by atoms with Crippen LogP contribution >= 0.6 is 11.3 Å². The molecule has 0 saturated heterocycles. The number of rotatable bonds is 4. The van der Waals surface area contributed by atoms with E-state index in [-0.39, 0.29) is 6.54 Å². The summed E-state index contributed by atoms with van der Waals surface area (Å²) in [7, 11) is 1.57. The summed E-state index contributed by atoms with van der Waals surface area (Å²) in [5, 5.41) is 1.69. The third-order valence-corrected chi connectivity index (χ3v) is 2.42. The van der Waals surface area contributed by atoms with Crippen LogP contribution in [0.15, 0.2) is 11.4 Å². The van der Waals surface area contributed by atoms with E-state index in [2.05, 4.69) is 0 Å². The normalized spacial score (nSPS) is 10.5. The third-order valence-electron chi connectivity index (χ3n) is 1.57. The second-order valence-corrected chi connectivity index (χ2v) is 3.54. The molecule has 0 bridgehead atoms. The smallest absolute Gasteiger partial charge is 0.255 e. The summed E-state index contributed by atoms with van der Waals surface area (Å²) in [4.78, 5) is 12.3. The van der Waals surface area contributed by atoms with Gasteiger partial charge in [0.05, 0.1) is 11.4 Å². The highest BCUT2D eigenvalue weighted by Gasteiger charge is 2.09. The van der Waals surface area contributed by atoms with Gasteiger partial charge in [-0.1, -0.05) is 0 Å². The number of alkyl halides is 2. The number of carbonyl (C=O) groups is 1. The molecule has 0 amide bonds. The van der Waals surface area contributed by atoms with Gasteiger partial charge in [0.25, 0.3) is 6.43 Å². The maximum atomic E-state index is 12.0. The molecule has 1 aromatic rings. The second-order valence-electron chi connectivity index (χ2n) is 2.60. The first kappa shape index (κ1) is 10.1. The highest BCUT2D eigenvalue weighted by Crippen LogP contribution is 2.21. The molecular weight excluding hydrogens is 196 g/mol. The van der Waals surface area contributed by atoms with Crippen LogP contribution in [0.4, 0.5) is 14.5 Å². The van der Waals surface area contributed by atoms with E-state index in [1.165, 1.54) is 16.2 Å². The van der Waals surface area contributed by atoms with Gasteiger partial charge in [-0.25, -0.2) is 8.78 Å². The van der Waals surface area contributed by atoms with Crippen LogP contribution in [-0.2, 0) is 0 Å². The standard InChI is InChI=1S/C8H9F2NOS/c1-11(3-8(9)10)6-2-7(4-12)13-5-6/h2,4-5,8H,3H2,1H3. The largest absolute Gasteiger partial charge is 0.368 e. The molecule has 0 aliphatic carbocycles. The molecule has 2 nitrogen and oxygen atoms in total. The Kier molecular flexibility index (Phi) is 3.36. The maximum Gasteiger partial charge on any atom is 0.255 e. The summed E-state index contributed by atoms with van der Waals surface area (Å²) in [5.41, 5.74) is 0.660. The minimum atomic E-state index is -2.36. The molecule has 0 unspecified atom stereocenters. The van der Waals surface area contributed by atoms with E-state index in [9.17, 15) is 13.6 Å². The van der Waals surface area contributed by atoms with Crippen molar-refractivity contribution in [2.45, 2.75) is 6.43 Å². The lowest BCUT2D eigenvalue weighted by atomic mass is 10.4. The summed E-state index contributed by atoms with van der Waals surface area (Å²) < 4.78 is 23.9. The lowest BCUT2D eigenvalue weighted by molar-refractivity contribution is 0.112. The van der Waals surface area contributed by atoms with Gasteiger partial charge < -0.3 is 4.90 Å². The van der Waals surface area contributed by atoms with Crippen molar-refractivity contribution in [1.29, 1.82) is 0 Å². The Labute approximate surface area is 78.8 Å². The van der Waals surface area contributed by atoms with Gasteiger partial charge in [-0.05, 0) is 6.07 Å². The Hall–Kier alpha value is -0.970. The predicted molar refractivity (Wildman–Crippen MR) is 49.0 cm³/mol. The molecule has 5 heteroatoms. The molecule has 1 rings (SSSR count). The van der Waals surface area contributed by atoms with Gasteiger partial charge >= 0.3 is 0 Å². The molecule has 0 spiro atoms. The summed E-state index contributed by atoms with van der Waals surface area (Å²) in [6.07, 6.45) is -1.64. The number of anilines is 1. The van der Waals surface area contributed by atoms with Gasteiger partial charge in [-0.2, -0.15) is 0 Å². The topological polar surface area (TPSA) is 20.3 Å². The van der Waals surface area contributed by atoms with Crippen molar-refractivity contribution >= 4 is 23.3 Å². The Balaban J connectivity index is 2.65. The lowest BCUT2D eigenvalue weighted by Gasteiger charge is -2.16. The van der Waals surface area contributed by atoms with Crippen LogP contribution in [0.25, 0.3) is 0 Å². The molecule has 0 N–H and O–H groups in total. The van der Waals surface area contributed by atoms with Crippen LogP contribution in [0.5, 0.6) is 0 Å². The van der Waals surface area contributed by atoms with Crippen LogP contribution in [0.2, 0.25) is 0 Å². The van der Waals surface area contributed by atoms with Gasteiger partial charge in [0.2, 0.25) is 0 Å². The fourth-order valence-corrected chi connectivity index (χ4v) is 1.67. The number of carbonyl (C=O) groups excluding carboxylic acids is 1. The van der Waals surface area contributed by atoms with Crippen LogP contribution in [0.1, 0.15) is 9.67 Å². The van der Waals surface area contributed by atoms with Crippen molar-refractivity contribution < 1.29 is 13.6 Å². The van der Waals surface area contributed by atoms with Crippen LogP contribution in [0, 0.1) is 0 Å². The zero-order valence-corrected chi connectivity index (χ0v) is 7.85. The molecule has 0 atom stereocenters. The third kappa shape index (κ3) is 2.77. The fourth-order valence-electron chi connectivity index (χ4n) is 0.917.